The van der Waals surface area contributed by atoms with Crippen molar-refractivity contribution in [2.75, 3.05) is 10.2 Å². The Bertz CT molecular complexity index is 494. The summed E-state index contributed by atoms with van der Waals surface area (Å²) in [6.45, 7) is 3.84. The average Bonchev–Trinajstić information content (AvgIpc) is 3.05. The summed E-state index contributed by atoms with van der Waals surface area (Å²) in [4.78, 5) is 14.3. The van der Waals surface area contributed by atoms with E-state index in [9.17, 15) is 4.79 Å². The van der Waals surface area contributed by atoms with Gasteiger partial charge in [-0.15, -0.1) is 0 Å². The third kappa shape index (κ3) is 1.69. The fraction of sp³-hybridized carbons (Fsp3) is 0.462. The molecule has 3 nitrogen and oxygen atoms in total. The lowest BCUT2D eigenvalue weighted by Gasteiger charge is -2.40. The topological polar surface area (TPSA) is 32.3 Å². The summed E-state index contributed by atoms with van der Waals surface area (Å²) in [5, 5.41) is 3.95. The van der Waals surface area contributed by atoms with Gasteiger partial charge in [0.25, 0.3) is 5.91 Å². The molecule has 1 aliphatic heterocycles. The van der Waals surface area contributed by atoms with E-state index in [1.54, 1.807) is 0 Å². The maximum absolute atomic E-state index is 12.4. The molecule has 0 aromatic heterocycles. The van der Waals surface area contributed by atoms with Gasteiger partial charge in [0.05, 0.1) is 11.4 Å². The number of carbonyl (C=O) groups is 1. The van der Waals surface area contributed by atoms with Crippen LogP contribution in [0.1, 0.15) is 26.7 Å². The summed E-state index contributed by atoms with van der Waals surface area (Å²) in [5.41, 5.74) is 1.37. The van der Waals surface area contributed by atoms with Crippen LogP contribution in [0.3, 0.4) is 0 Å². The second kappa shape index (κ2) is 3.39. The predicted octanol–water partition coefficient (Wildman–Crippen LogP) is 3.04. The van der Waals surface area contributed by atoms with Gasteiger partial charge in [-0.3, -0.25) is 4.79 Å². The van der Waals surface area contributed by atoms with Crippen molar-refractivity contribution in [2.24, 2.45) is 0 Å². The zero-order valence-corrected chi connectivity index (χ0v) is 10.7. The Morgan fingerprint density at radius 3 is 2.76 bits per heavy atom. The number of hydrogen-bond donors (Lipinski definition) is 1. The molecule has 1 aromatic carbocycles. The Kier molecular flexibility index (Phi) is 2.17. The van der Waals surface area contributed by atoms with Gasteiger partial charge in [-0.25, -0.2) is 0 Å². The lowest BCUT2D eigenvalue weighted by atomic mass is 9.98. The molecule has 0 radical (unpaired) electrons. The minimum atomic E-state index is -0.538. The van der Waals surface area contributed by atoms with Crippen molar-refractivity contribution in [3.05, 3.63) is 23.2 Å². The number of nitrogens with zero attached hydrogens (tertiary/aromatic N) is 1. The quantitative estimate of drug-likeness (QED) is 0.831. The fourth-order valence-corrected chi connectivity index (χ4v) is 2.47. The Hall–Kier alpha value is -1.22. The van der Waals surface area contributed by atoms with Crippen molar-refractivity contribution in [2.45, 2.75) is 38.3 Å². The zero-order valence-electron chi connectivity index (χ0n) is 9.96. The molecule has 1 aliphatic carbocycles. The minimum Gasteiger partial charge on any atom is -0.370 e. The number of carbonyl (C=O) groups excluding carboxylic acids is 1. The molecule has 1 heterocycles. The van der Waals surface area contributed by atoms with Crippen LogP contribution in [0.5, 0.6) is 0 Å². The second-order valence-corrected chi connectivity index (χ2v) is 5.75. The summed E-state index contributed by atoms with van der Waals surface area (Å²) >= 11 is 6.02. The van der Waals surface area contributed by atoms with Gasteiger partial charge in [-0.1, -0.05) is 11.6 Å². The third-order valence-corrected chi connectivity index (χ3v) is 3.57. The van der Waals surface area contributed by atoms with E-state index in [1.807, 2.05) is 36.9 Å². The average molecular weight is 251 g/mol. The van der Waals surface area contributed by atoms with E-state index in [0.717, 1.165) is 24.2 Å². The largest absolute Gasteiger partial charge is 0.370 e. The van der Waals surface area contributed by atoms with E-state index in [1.165, 1.54) is 0 Å². The van der Waals surface area contributed by atoms with Crippen LogP contribution >= 0.6 is 11.6 Å². The molecule has 1 aromatic rings. The lowest BCUT2D eigenvalue weighted by molar-refractivity contribution is -0.122. The number of halogens is 1. The Labute approximate surface area is 106 Å². The van der Waals surface area contributed by atoms with Crippen LogP contribution < -0.4 is 10.2 Å². The van der Waals surface area contributed by atoms with Crippen LogP contribution in [0, 0.1) is 0 Å². The minimum absolute atomic E-state index is 0.134. The molecule has 1 saturated carbocycles. The number of fused-ring (bicyclic) bond motifs is 1. The first-order chi connectivity index (χ1) is 7.99. The SMILES string of the molecule is CC1(C)Nc2ccc(Cl)cc2N(C2CC2)C1=O. The van der Waals surface area contributed by atoms with Gasteiger partial charge in [0.1, 0.15) is 5.54 Å². The highest BCUT2D eigenvalue weighted by molar-refractivity contribution is 6.31. The predicted molar refractivity (Wildman–Crippen MR) is 69.7 cm³/mol. The van der Waals surface area contributed by atoms with Crippen LogP contribution in [0.25, 0.3) is 0 Å². The van der Waals surface area contributed by atoms with Gasteiger partial charge in [0.2, 0.25) is 0 Å². The van der Waals surface area contributed by atoms with Gasteiger partial charge in [-0.05, 0) is 44.9 Å². The molecule has 3 rings (SSSR count). The smallest absolute Gasteiger partial charge is 0.252 e. The van der Waals surface area contributed by atoms with Gasteiger partial charge >= 0.3 is 0 Å². The van der Waals surface area contributed by atoms with Crippen molar-refractivity contribution in [3.63, 3.8) is 0 Å². The summed E-state index contributed by atoms with van der Waals surface area (Å²) in [6.07, 6.45) is 2.18. The molecular formula is C13H15ClN2O. The Morgan fingerprint density at radius 1 is 1.41 bits per heavy atom. The molecule has 0 bridgehead atoms. The van der Waals surface area contributed by atoms with Gasteiger partial charge in [0, 0.05) is 11.1 Å². The lowest BCUT2D eigenvalue weighted by Crippen LogP contribution is -2.54. The van der Waals surface area contributed by atoms with E-state index in [4.69, 9.17) is 11.6 Å². The third-order valence-electron chi connectivity index (χ3n) is 3.33. The number of anilines is 2. The van der Waals surface area contributed by atoms with E-state index in [-0.39, 0.29) is 5.91 Å². The molecular weight excluding hydrogens is 236 g/mol. The molecule has 0 atom stereocenters. The number of nitrogens with one attached hydrogen (secondary N) is 1. The molecule has 2 aliphatic rings. The maximum Gasteiger partial charge on any atom is 0.252 e. The molecule has 1 N–H and O–H groups in total. The summed E-state index contributed by atoms with van der Waals surface area (Å²) < 4.78 is 0. The molecule has 0 spiro atoms. The Morgan fingerprint density at radius 2 is 2.12 bits per heavy atom. The molecule has 1 fully saturated rings. The van der Waals surface area contributed by atoms with E-state index >= 15 is 0 Å². The van der Waals surface area contributed by atoms with Crippen LogP contribution in [0.2, 0.25) is 5.02 Å². The van der Waals surface area contributed by atoms with Crippen molar-refractivity contribution in [1.29, 1.82) is 0 Å². The van der Waals surface area contributed by atoms with Crippen molar-refractivity contribution in [3.8, 4) is 0 Å². The monoisotopic (exact) mass is 250 g/mol. The molecule has 90 valence electrons. The van der Waals surface area contributed by atoms with Crippen LogP contribution in [-0.2, 0) is 4.79 Å². The van der Waals surface area contributed by atoms with Gasteiger partial charge < -0.3 is 10.2 Å². The second-order valence-electron chi connectivity index (χ2n) is 5.32. The number of hydrogen-bond acceptors (Lipinski definition) is 2. The first-order valence-electron chi connectivity index (χ1n) is 5.90. The highest BCUT2D eigenvalue weighted by atomic mass is 35.5. The highest BCUT2D eigenvalue weighted by Crippen LogP contribution is 2.42. The fourth-order valence-electron chi connectivity index (χ4n) is 2.31. The number of amides is 1. The van der Waals surface area contributed by atoms with Crippen molar-refractivity contribution >= 4 is 28.9 Å². The van der Waals surface area contributed by atoms with Crippen molar-refractivity contribution < 1.29 is 4.79 Å². The Balaban J connectivity index is 2.13. The summed E-state index contributed by atoms with van der Waals surface area (Å²) in [6, 6.07) is 6.03. The maximum atomic E-state index is 12.4. The normalized spacial score (nSPS) is 22.1. The number of benzene rings is 1. The molecule has 0 unspecified atom stereocenters. The molecule has 17 heavy (non-hydrogen) atoms. The van der Waals surface area contributed by atoms with Gasteiger partial charge in [-0.2, -0.15) is 0 Å². The van der Waals surface area contributed by atoms with E-state index in [0.29, 0.717) is 11.1 Å². The summed E-state index contributed by atoms with van der Waals surface area (Å²) in [5.74, 6) is 0.134. The molecule has 0 saturated heterocycles. The van der Waals surface area contributed by atoms with Crippen LogP contribution in [0.15, 0.2) is 18.2 Å². The van der Waals surface area contributed by atoms with Crippen molar-refractivity contribution in [1.82, 2.24) is 0 Å². The van der Waals surface area contributed by atoms with E-state index < -0.39 is 5.54 Å². The first kappa shape index (κ1) is 10.9. The molecule has 4 heteroatoms. The van der Waals surface area contributed by atoms with Crippen LogP contribution in [-0.4, -0.2) is 17.5 Å². The standard InChI is InChI=1S/C13H15ClN2O/c1-13(2)12(17)16(9-4-5-9)11-7-8(14)3-6-10(11)15-13/h3,6-7,9,15H,4-5H2,1-2H3. The summed E-state index contributed by atoms with van der Waals surface area (Å²) in [7, 11) is 0. The molecule has 1 amide bonds. The first-order valence-corrected chi connectivity index (χ1v) is 6.28. The highest BCUT2D eigenvalue weighted by Gasteiger charge is 2.44. The van der Waals surface area contributed by atoms with Crippen LogP contribution in [0.4, 0.5) is 11.4 Å². The zero-order chi connectivity index (χ0) is 12.2. The van der Waals surface area contributed by atoms with E-state index in [2.05, 4.69) is 5.32 Å². The number of rotatable bonds is 1. The van der Waals surface area contributed by atoms with Gasteiger partial charge in [0.15, 0.2) is 0 Å².